The third-order valence-electron chi connectivity index (χ3n) is 4.70. The first kappa shape index (κ1) is 15.8. The zero-order chi connectivity index (χ0) is 17.2. The number of H-pyrrole nitrogens is 1. The standard InChI is InChI=1S/C20H22N4O/c1-15-6-8-16(9-7-15)12-24-11-10-23(14-20(24)25)13-19-21-17-4-2-3-5-18(17)22-19/h2-9H,10-14H2,1H3,(H,21,22). The molecule has 5 nitrogen and oxygen atoms in total. The Morgan fingerprint density at radius 1 is 1.04 bits per heavy atom. The van der Waals surface area contributed by atoms with Crippen LogP contribution in [0.2, 0.25) is 0 Å². The Morgan fingerprint density at radius 2 is 1.84 bits per heavy atom. The van der Waals surface area contributed by atoms with Gasteiger partial charge in [-0.05, 0) is 24.6 Å². The van der Waals surface area contributed by atoms with Gasteiger partial charge in [0.15, 0.2) is 0 Å². The molecule has 0 spiro atoms. The highest BCUT2D eigenvalue weighted by Crippen LogP contribution is 2.15. The van der Waals surface area contributed by atoms with Gasteiger partial charge in [0.25, 0.3) is 0 Å². The van der Waals surface area contributed by atoms with E-state index in [1.54, 1.807) is 0 Å². The molecule has 0 unspecified atom stereocenters. The number of imidazole rings is 1. The minimum absolute atomic E-state index is 0.183. The van der Waals surface area contributed by atoms with E-state index in [4.69, 9.17) is 0 Å². The largest absolute Gasteiger partial charge is 0.341 e. The average Bonchev–Trinajstić information content (AvgIpc) is 3.01. The van der Waals surface area contributed by atoms with Gasteiger partial charge in [0.2, 0.25) is 5.91 Å². The predicted octanol–water partition coefficient (Wildman–Crippen LogP) is 2.72. The molecule has 4 rings (SSSR count). The molecule has 2 heterocycles. The monoisotopic (exact) mass is 334 g/mol. The molecule has 1 N–H and O–H groups in total. The lowest BCUT2D eigenvalue weighted by Gasteiger charge is -2.34. The fraction of sp³-hybridized carbons (Fsp3) is 0.300. The normalized spacial score (nSPS) is 15.9. The van der Waals surface area contributed by atoms with Crippen LogP contribution in [-0.2, 0) is 17.9 Å². The fourth-order valence-electron chi connectivity index (χ4n) is 3.27. The molecule has 1 aromatic heterocycles. The number of aromatic amines is 1. The van der Waals surface area contributed by atoms with Crippen molar-refractivity contribution in [3.05, 3.63) is 65.5 Å². The van der Waals surface area contributed by atoms with Crippen molar-refractivity contribution in [3.8, 4) is 0 Å². The minimum atomic E-state index is 0.183. The molecule has 0 aliphatic carbocycles. The summed E-state index contributed by atoms with van der Waals surface area (Å²) in [5, 5.41) is 0. The second kappa shape index (κ2) is 6.69. The third kappa shape index (κ3) is 3.56. The van der Waals surface area contributed by atoms with Crippen molar-refractivity contribution >= 4 is 16.9 Å². The lowest BCUT2D eigenvalue weighted by Crippen LogP contribution is -2.49. The van der Waals surface area contributed by atoms with Gasteiger partial charge in [-0.1, -0.05) is 42.0 Å². The number of benzene rings is 2. The number of fused-ring (bicyclic) bond motifs is 1. The van der Waals surface area contributed by atoms with Crippen molar-refractivity contribution in [3.63, 3.8) is 0 Å². The molecule has 1 fully saturated rings. The second-order valence-corrected chi connectivity index (χ2v) is 6.71. The minimum Gasteiger partial charge on any atom is -0.341 e. The van der Waals surface area contributed by atoms with Crippen LogP contribution in [0.15, 0.2) is 48.5 Å². The molecular weight excluding hydrogens is 312 g/mol. The van der Waals surface area contributed by atoms with Gasteiger partial charge in [-0.2, -0.15) is 0 Å². The summed E-state index contributed by atoms with van der Waals surface area (Å²) in [6.07, 6.45) is 0. The molecule has 0 radical (unpaired) electrons. The Balaban J connectivity index is 1.37. The van der Waals surface area contributed by atoms with Crippen LogP contribution in [-0.4, -0.2) is 45.3 Å². The molecule has 0 atom stereocenters. The molecule has 0 saturated carbocycles. The maximum absolute atomic E-state index is 12.5. The van der Waals surface area contributed by atoms with Gasteiger partial charge in [-0.25, -0.2) is 4.98 Å². The zero-order valence-electron chi connectivity index (χ0n) is 14.4. The van der Waals surface area contributed by atoms with Crippen molar-refractivity contribution in [2.24, 2.45) is 0 Å². The fourth-order valence-corrected chi connectivity index (χ4v) is 3.27. The van der Waals surface area contributed by atoms with E-state index in [2.05, 4.69) is 46.1 Å². The molecule has 5 heteroatoms. The van der Waals surface area contributed by atoms with Crippen molar-refractivity contribution in [2.75, 3.05) is 19.6 Å². The van der Waals surface area contributed by atoms with Crippen molar-refractivity contribution in [2.45, 2.75) is 20.0 Å². The lowest BCUT2D eigenvalue weighted by molar-refractivity contribution is -0.136. The third-order valence-corrected chi connectivity index (χ3v) is 4.70. The summed E-state index contributed by atoms with van der Waals surface area (Å²) < 4.78 is 0. The van der Waals surface area contributed by atoms with E-state index in [1.807, 2.05) is 29.2 Å². The summed E-state index contributed by atoms with van der Waals surface area (Å²) in [6, 6.07) is 16.4. The van der Waals surface area contributed by atoms with Gasteiger partial charge in [-0.3, -0.25) is 9.69 Å². The number of piperazine rings is 1. The average molecular weight is 334 g/mol. The number of rotatable bonds is 4. The van der Waals surface area contributed by atoms with Gasteiger partial charge in [0.1, 0.15) is 5.82 Å². The van der Waals surface area contributed by atoms with E-state index in [-0.39, 0.29) is 5.91 Å². The van der Waals surface area contributed by atoms with Crippen LogP contribution < -0.4 is 0 Å². The lowest BCUT2D eigenvalue weighted by atomic mass is 10.1. The smallest absolute Gasteiger partial charge is 0.237 e. The highest BCUT2D eigenvalue weighted by atomic mass is 16.2. The number of nitrogens with one attached hydrogen (secondary N) is 1. The van der Waals surface area contributed by atoms with Crippen LogP contribution in [0, 0.1) is 6.92 Å². The van der Waals surface area contributed by atoms with Crippen molar-refractivity contribution in [1.82, 2.24) is 19.8 Å². The molecule has 2 aromatic carbocycles. The van der Waals surface area contributed by atoms with Crippen LogP contribution in [0.25, 0.3) is 11.0 Å². The SMILES string of the molecule is Cc1ccc(CN2CCN(Cc3nc4ccccc4[nH]3)CC2=O)cc1. The van der Waals surface area contributed by atoms with Gasteiger partial charge >= 0.3 is 0 Å². The number of aryl methyl sites for hydroxylation is 1. The number of aromatic nitrogens is 2. The highest BCUT2D eigenvalue weighted by Gasteiger charge is 2.24. The molecular formula is C20H22N4O. The maximum Gasteiger partial charge on any atom is 0.237 e. The molecule has 1 saturated heterocycles. The van der Waals surface area contributed by atoms with E-state index >= 15 is 0 Å². The van der Waals surface area contributed by atoms with Crippen LogP contribution in [0.5, 0.6) is 0 Å². The number of carbonyl (C=O) groups excluding carboxylic acids is 1. The van der Waals surface area contributed by atoms with Gasteiger partial charge in [0, 0.05) is 19.6 Å². The van der Waals surface area contributed by atoms with Gasteiger partial charge < -0.3 is 9.88 Å². The molecule has 0 bridgehead atoms. The first-order valence-electron chi connectivity index (χ1n) is 8.67. The topological polar surface area (TPSA) is 52.2 Å². The number of hydrogen-bond acceptors (Lipinski definition) is 3. The summed E-state index contributed by atoms with van der Waals surface area (Å²) in [7, 11) is 0. The Kier molecular flexibility index (Phi) is 4.24. The Labute approximate surface area is 147 Å². The Morgan fingerprint density at radius 3 is 2.60 bits per heavy atom. The van der Waals surface area contributed by atoms with E-state index < -0.39 is 0 Å². The summed E-state index contributed by atoms with van der Waals surface area (Å²) in [6.45, 7) is 5.52. The quantitative estimate of drug-likeness (QED) is 0.798. The Bertz CT molecular complexity index is 851. The van der Waals surface area contributed by atoms with Crippen molar-refractivity contribution < 1.29 is 4.79 Å². The van der Waals surface area contributed by atoms with E-state index in [0.29, 0.717) is 19.6 Å². The number of para-hydroxylation sites is 2. The molecule has 1 aliphatic rings. The first-order valence-corrected chi connectivity index (χ1v) is 8.67. The second-order valence-electron chi connectivity index (χ2n) is 6.71. The zero-order valence-corrected chi connectivity index (χ0v) is 14.4. The first-order chi connectivity index (χ1) is 12.2. The van der Waals surface area contributed by atoms with E-state index in [0.717, 1.165) is 29.9 Å². The van der Waals surface area contributed by atoms with E-state index in [1.165, 1.54) is 11.1 Å². The number of amides is 1. The van der Waals surface area contributed by atoms with Crippen LogP contribution in [0.3, 0.4) is 0 Å². The van der Waals surface area contributed by atoms with Gasteiger partial charge in [0.05, 0.1) is 24.1 Å². The van der Waals surface area contributed by atoms with Crippen LogP contribution >= 0.6 is 0 Å². The Hall–Kier alpha value is -2.66. The number of carbonyl (C=O) groups is 1. The predicted molar refractivity (Wildman–Crippen MR) is 98.0 cm³/mol. The summed E-state index contributed by atoms with van der Waals surface area (Å²) in [5.41, 5.74) is 4.44. The molecule has 128 valence electrons. The highest BCUT2D eigenvalue weighted by molar-refractivity contribution is 5.79. The summed E-state index contributed by atoms with van der Waals surface area (Å²) in [5.74, 6) is 1.10. The van der Waals surface area contributed by atoms with E-state index in [9.17, 15) is 4.79 Å². The van der Waals surface area contributed by atoms with Crippen LogP contribution in [0.4, 0.5) is 0 Å². The maximum atomic E-state index is 12.5. The summed E-state index contributed by atoms with van der Waals surface area (Å²) >= 11 is 0. The van der Waals surface area contributed by atoms with Gasteiger partial charge in [-0.15, -0.1) is 0 Å². The number of nitrogens with zero attached hydrogens (tertiary/aromatic N) is 3. The molecule has 25 heavy (non-hydrogen) atoms. The summed E-state index contributed by atoms with van der Waals surface area (Å²) in [4.78, 5) is 24.5. The van der Waals surface area contributed by atoms with Crippen molar-refractivity contribution in [1.29, 1.82) is 0 Å². The molecule has 1 aliphatic heterocycles. The van der Waals surface area contributed by atoms with Crippen LogP contribution in [0.1, 0.15) is 17.0 Å². The molecule has 1 amide bonds. The number of hydrogen-bond donors (Lipinski definition) is 1. The molecule has 3 aromatic rings.